The highest BCUT2D eigenvalue weighted by molar-refractivity contribution is 5.76. The maximum absolute atomic E-state index is 5.92. The first kappa shape index (κ1) is 17.1. The Labute approximate surface area is 168 Å². The molecule has 2 heterocycles. The van der Waals surface area contributed by atoms with Crippen molar-refractivity contribution in [2.75, 3.05) is 0 Å². The SMILES string of the molecule is C1=CC(Oc2ccccc2)=CC=C(n2cc(-c3cnc4ccccc4n3)cn2)C1. The van der Waals surface area contributed by atoms with Gasteiger partial charge >= 0.3 is 0 Å². The van der Waals surface area contributed by atoms with E-state index in [1.54, 1.807) is 6.20 Å². The lowest BCUT2D eigenvalue weighted by Gasteiger charge is -2.04. The first-order chi connectivity index (χ1) is 14.3. The number of ether oxygens (including phenoxy) is 1. The summed E-state index contributed by atoms with van der Waals surface area (Å²) in [5.74, 6) is 1.61. The molecule has 0 amide bonds. The molecule has 4 aromatic rings. The highest BCUT2D eigenvalue weighted by Gasteiger charge is 2.09. The van der Waals surface area contributed by atoms with E-state index in [2.05, 4.69) is 16.2 Å². The standard InChI is InChI=1S/C24H18N4O/c1-2-8-20(9-3-1)29-21-10-6-7-19(13-14-21)28-17-18(15-26-28)24-16-25-22-11-4-5-12-23(22)27-24/h1-6,8-17H,7H2. The normalized spacial score (nSPS) is 13.7. The molecule has 29 heavy (non-hydrogen) atoms. The van der Waals surface area contributed by atoms with E-state index in [0.29, 0.717) is 0 Å². The lowest BCUT2D eigenvalue weighted by molar-refractivity contribution is 0.444. The number of rotatable bonds is 4. The van der Waals surface area contributed by atoms with E-state index in [-0.39, 0.29) is 0 Å². The molecule has 0 aliphatic heterocycles. The van der Waals surface area contributed by atoms with Crippen LogP contribution in [0, 0.1) is 0 Å². The van der Waals surface area contributed by atoms with Gasteiger partial charge in [-0.2, -0.15) is 5.10 Å². The Morgan fingerprint density at radius 2 is 1.69 bits per heavy atom. The predicted molar refractivity (Wildman–Crippen MR) is 114 cm³/mol. The lowest BCUT2D eigenvalue weighted by Crippen LogP contribution is -1.95. The molecular weight excluding hydrogens is 360 g/mol. The highest BCUT2D eigenvalue weighted by Crippen LogP contribution is 2.23. The van der Waals surface area contributed by atoms with Gasteiger partial charge in [0.25, 0.3) is 0 Å². The molecule has 5 rings (SSSR count). The topological polar surface area (TPSA) is 52.8 Å². The molecule has 0 spiro atoms. The summed E-state index contributed by atoms with van der Waals surface area (Å²) in [7, 11) is 0. The molecule has 0 bridgehead atoms. The molecule has 2 aromatic carbocycles. The average Bonchev–Trinajstić information content (AvgIpc) is 3.15. The minimum Gasteiger partial charge on any atom is -0.457 e. The van der Waals surface area contributed by atoms with Crippen LogP contribution in [0.5, 0.6) is 5.75 Å². The predicted octanol–water partition coefficient (Wildman–Crippen LogP) is 5.26. The molecule has 0 fully saturated rings. The molecule has 0 saturated carbocycles. The monoisotopic (exact) mass is 378 g/mol. The van der Waals surface area contributed by atoms with E-state index < -0.39 is 0 Å². The Kier molecular flexibility index (Phi) is 4.47. The summed E-state index contributed by atoms with van der Waals surface area (Å²) in [6.45, 7) is 0. The number of para-hydroxylation sites is 3. The largest absolute Gasteiger partial charge is 0.457 e. The third kappa shape index (κ3) is 3.71. The van der Waals surface area contributed by atoms with Gasteiger partial charge < -0.3 is 4.74 Å². The number of hydrogen-bond acceptors (Lipinski definition) is 4. The van der Waals surface area contributed by atoms with E-state index in [1.807, 2.05) is 89.9 Å². The number of fused-ring (bicyclic) bond motifs is 1. The van der Waals surface area contributed by atoms with Crippen LogP contribution >= 0.6 is 0 Å². The molecule has 1 aliphatic carbocycles. The van der Waals surface area contributed by atoms with Crippen molar-refractivity contribution >= 4 is 16.7 Å². The second kappa shape index (κ2) is 7.56. The zero-order valence-electron chi connectivity index (χ0n) is 15.6. The van der Waals surface area contributed by atoms with Crippen LogP contribution in [0.2, 0.25) is 0 Å². The van der Waals surface area contributed by atoms with Crippen molar-refractivity contribution in [2.45, 2.75) is 6.42 Å². The van der Waals surface area contributed by atoms with Gasteiger partial charge in [0.1, 0.15) is 11.5 Å². The number of benzene rings is 2. The molecule has 0 radical (unpaired) electrons. The van der Waals surface area contributed by atoms with Crippen LogP contribution in [-0.4, -0.2) is 19.7 Å². The number of hydrogen-bond donors (Lipinski definition) is 0. The third-order valence-corrected chi connectivity index (χ3v) is 4.65. The zero-order chi connectivity index (χ0) is 19.5. The van der Waals surface area contributed by atoms with Crippen LogP contribution in [0.25, 0.3) is 28.0 Å². The fraction of sp³-hybridized carbons (Fsp3) is 0.0417. The summed E-state index contributed by atoms with van der Waals surface area (Å²) in [6.07, 6.45) is 14.4. The van der Waals surface area contributed by atoms with Crippen molar-refractivity contribution in [3.8, 4) is 17.0 Å². The summed E-state index contributed by atoms with van der Waals surface area (Å²) < 4.78 is 7.79. The molecule has 0 saturated heterocycles. The van der Waals surface area contributed by atoms with Gasteiger partial charge in [-0.25, -0.2) is 9.67 Å². The van der Waals surface area contributed by atoms with Gasteiger partial charge in [0.05, 0.1) is 29.1 Å². The molecule has 0 N–H and O–H groups in total. The quantitative estimate of drug-likeness (QED) is 0.486. The Morgan fingerprint density at radius 1 is 0.862 bits per heavy atom. The number of allylic oxidation sites excluding steroid dienone is 5. The third-order valence-electron chi connectivity index (χ3n) is 4.65. The summed E-state index contributed by atoms with van der Waals surface area (Å²) >= 11 is 0. The fourth-order valence-electron chi connectivity index (χ4n) is 3.17. The molecule has 1 aliphatic rings. The van der Waals surface area contributed by atoms with Crippen molar-refractivity contribution in [1.29, 1.82) is 0 Å². The Hall–Kier alpha value is -3.99. The second-order valence-electron chi connectivity index (χ2n) is 6.67. The van der Waals surface area contributed by atoms with Gasteiger partial charge in [0.15, 0.2) is 0 Å². The fourth-order valence-corrected chi connectivity index (χ4v) is 3.17. The van der Waals surface area contributed by atoms with E-state index in [4.69, 9.17) is 9.72 Å². The van der Waals surface area contributed by atoms with Gasteiger partial charge in [-0.3, -0.25) is 4.98 Å². The van der Waals surface area contributed by atoms with E-state index in [0.717, 1.165) is 45.9 Å². The average molecular weight is 378 g/mol. The minimum atomic E-state index is 0.753. The molecule has 2 aromatic heterocycles. The van der Waals surface area contributed by atoms with Gasteiger partial charge in [0.2, 0.25) is 0 Å². The molecule has 5 heteroatoms. The van der Waals surface area contributed by atoms with Crippen LogP contribution < -0.4 is 4.74 Å². The Morgan fingerprint density at radius 3 is 2.59 bits per heavy atom. The van der Waals surface area contributed by atoms with Crippen LogP contribution in [0.1, 0.15) is 6.42 Å². The summed E-state index contributed by atoms with van der Waals surface area (Å²) in [5, 5.41) is 4.52. The van der Waals surface area contributed by atoms with Gasteiger partial charge in [-0.1, -0.05) is 36.4 Å². The summed E-state index contributed by atoms with van der Waals surface area (Å²) in [6, 6.07) is 17.6. The Balaban J connectivity index is 1.40. The van der Waals surface area contributed by atoms with Crippen molar-refractivity contribution in [1.82, 2.24) is 19.7 Å². The summed E-state index contributed by atoms with van der Waals surface area (Å²) in [5.41, 5.74) is 4.55. The van der Waals surface area contributed by atoms with Crippen molar-refractivity contribution in [3.63, 3.8) is 0 Å². The molecular formula is C24H18N4O. The molecule has 0 unspecified atom stereocenters. The number of aromatic nitrogens is 4. The van der Waals surface area contributed by atoms with Crippen LogP contribution in [0.4, 0.5) is 0 Å². The van der Waals surface area contributed by atoms with Gasteiger partial charge in [0, 0.05) is 23.9 Å². The van der Waals surface area contributed by atoms with E-state index >= 15 is 0 Å². The van der Waals surface area contributed by atoms with Gasteiger partial charge in [-0.05, 0) is 42.5 Å². The maximum atomic E-state index is 5.92. The first-order valence-corrected chi connectivity index (χ1v) is 9.43. The summed E-state index contributed by atoms with van der Waals surface area (Å²) in [4.78, 5) is 9.19. The minimum absolute atomic E-state index is 0.753. The highest BCUT2D eigenvalue weighted by atomic mass is 16.5. The molecule has 5 nitrogen and oxygen atoms in total. The number of nitrogens with zero attached hydrogens (tertiary/aromatic N) is 4. The van der Waals surface area contributed by atoms with E-state index in [9.17, 15) is 0 Å². The van der Waals surface area contributed by atoms with Crippen LogP contribution in [-0.2, 0) is 0 Å². The lowest BCUT2D eigenvalue weighted by atomic mass is 10.2. The first-order valence-electron chi connectivity index (χ1n) is 9.43. The van der Waals surface area contributed by atoms with E-state index in [1.165, 1.54) is 0 Å². The maximum Gasteiger partial charge on any atom is 0.127 e. The van der Waals surface area contributed by atoms with Gasteiger partial charge in [-0.15, -0.1) is 0 Å². The van der Waals surface area contributed by atoms with Crippen molar-refractivity contribution < 1.29 is 4.74 Å². The Bertz CT molecular complexity index is 1250. The van der Waals surface area contributed by atoms with Crippen molar-refractivity contribution in [2.24, 2.45) is 0 Å². The van der Waals surface area contributed by atoms with Crippen LogP contribution in [0.3, 0.4) is 0 Å². The van der Waals surface area contributed by atoms with Crippen molar-refractivity contribution in [3.05, 3.63) is 103 Å². The van der Waals surface area contributed by atoms with Crippen LogP contribution in [0.15, 0.2) is 103 Å². The second-order valence-corrected chi connectivity index (χ2v) is 6.67. The molecule has 0 atom stereocenters. The zero-order valence-corrected chi connectivity index (χ0v) is 15.6. The smallest absolute Gasteiger partial charge is 0.127 e. The molecule has 140 valence electrons.